The number of aromatic nitrogens is 1. The lowest BCUT2D eigenvalue weighted by Gasteiger charge is -2.27. The maximum Gasteiger partial charge on any atom is 0.335 e. The van der Waals surface area contributed by atoms with Crippen molar-refractivity contribution in [1.29, 1.82) is 0 Å². The van der Waals surface area contributed by atoms with E-state index in [1.54, 1.807) is 42.6 Å². The third-order valence-electron chi connectivity index (χ3n) is 6.67. The molecule has 0 bridgehead atoms. The second-order valence-electron chi connectivity index (χ2n) is 9.29. The second kappa shape index (κ2) is 12.3. The maximum atomic E-state index is 13.5. The summed E-state index contributed by atoms with van der Waals surface area (Å²) < 4.78 is 11.2. The minimum Gasteiger partial charge on any atom is -0.478 e. The van der Waals surface area contributed by atoms with Crippen molar-refractivity contribution in [3.05, 3.63) is 113 Å². The van der Waals surface area contributed by atoms with Gasteiger partial charge in [0.1, 0.15) is 5.69 Å². The van der Waals surface area contributed by atoms with E-state index in [-0.39, 0.29) is 28.9 Å². The van der Waals surface area contributed by atoms with Crippen LogP contribution in [0.2, 0.25) is 5.02 Å². The zero-order valence-corrected chi connectivity index (χ0v) is 22.6. The number of aromatic carboxylic acids is 1. The van der Waals surface area contributed by atoms with Crippen LogP contribution in [0.3, 0.4) is 0 Å². The van der Waals surface area contributed by atoms with E-state index in [1.165, 1.54) is 6.07 Å². The maximum absolute atomic E-state index is 13.5. The van der Waals surface area contributed by atoms with E-state index in [1.807, 2.05) is 59.3 Å². The van der Waals surface area contributed by atoms with E-state index in [0.29, 0.717) is 36.9 Å². The first-order chi connectivity index (χ1) is 19.4. The number of carbonyl (C=O) groups excluding carboxylic acids is 1. The minimum atomic E-state index is -1.13. The van der Waals surface area contributed by atoms with Crippen LogP contribution in [0, 0.1) is 0 Å². The Bertz CT molecular complexity index is 1470. The molecule has 0 radical (unpaired) electrons. The molecule has 9 heteroatoms. The van der Waals surface area contributed by atoms with Gasteiger partial charge in [-0.25, -0.2) is 4.79 Å². The van der Waals surface area contributed by atoms with Crippen LogP contribution in [-0.4, -0.2) is 54.9 Å². The summed E-state index contributed by atoms with van der Waals surface area (Å²) in [5.41, 5.74) is 3.58. The lowest BCUT2D eigenvalue weighted by molar-refractivity contribution is -0.0445. The molecule has 0 saturated carbocycles. The van der Waals surface area contributed by atoms with Gasteiger partial charge in [0.25, 0.3) is 0 Å². The average Bonchev–Trinajstić information content (AvgIpc) is 3.51. The molecule has 1 aromatic heterocycles. The van der Waals surface area contributed by atoms with Crippen LogP contribution in [0.4, 0.5) is 22.7 Å². The third-order valence-corrected chi connectivity index (χ3v) is 6.92. The first-order valence-corrected chi connectivity index (χ1v) is 13.2. The fraction of sp³-hybridized carbons (Fsp3) is 0.194. The molecule has 1 fully saturated rings. The van der Waals surface area contributed by atoms with Crippen LogP contribution >= 0.6 is 11.6 Å². The van der Waals surface area contributed by atoms with Gasteiger partial charge >= 0.3 is 5.97 Å². The topological polar surface area (TPSA) is 92.2 Å². The third kappa shape index (κ3) is 6.31. The Kier molecular flexibility index (Phi) is 8.40. The lowest BCUT2D eigenvalue weighted by atomic mass is 10.0. The number of hydrogen-bond donors (Lipinski definition) is 1. The number of hydrogen-bond acceptors (Lipinski definition) is 7. The molecule has 0 amide bonds. The zero-order chi connectivity index (χ0) is 28.1. The Hall–Kier alpha value is -4.24. The Morgan fingerprint density at radius 3 is 2.20 bits per heavy atom. The number of rotatable bonds is 10. The van der Waals surface area contributed by atoms with Crippen LogP contribution in [0.5, 0.6) is 0 Å². The van der Waals surface area contributed by atoms with Gasteiger partial charge in [-0.15, -0.1) is 0 Å². The minimum absolute atomic E-state index is 0.00855. The highest BCUT2D eigenvalue weighted by Crippen LogP contribution is 2.30. The van der Waals surface area contributed by atoms with Gasteiger partial charge in [-0.05, 0) is 66.7 Å². The van der Waals surface area contributed by atoms with Crippen LogP contribution in [-0.2, 0) is 9.47 Å². The molecule has 0 aliphatic carbocycles. The van der Waals surface area contributed by atoms with Crippen molar-refractivity contribution >= 4 is 46.1 Å². The van der Waals surface area contributed by atoms with E-state index in [0.717, 1.165) is 17.1 Å². The number of carboxylic acids is 1. The summed E-state index contributed by atoms with van der Waals surface area (Å²) in [7, 11) is 1.89. The summed E-state index contributed by atoms with van der Waals surface area (Å²) in [6.45, 7) is 1.59. The Balaban J connectivity index is 1.44. The first-order valence-electron chi connectivity index (χ1n) is 12.8. The van der Waals surface area contributed by atoms with Crippen molar-refractivity contribution in [3.8, 4) is 0 Å². The van der Waals surface area contributed by atoms with Gasteiger partial charge in [-0.2, -0.15) is 0 Å². The molecule has 1 N–H and O–H groups in total. The average molecular weight is 558 g/mol. The van der Waals surface area contributed by atoms with Crippen LogP contribution in [0.1, 0.15) is 32.8 Å². The van der Waals surface area contributed by atoms with E-state index < -0.39 is 5.97 Å². The number of ether oxygens (including phenoxy) is 2. The highest BCUT2D eigenvalue weighted by molar-refractivity contribution is 6.30. The van der Waals surface area contributed by atoms with E-state index in [9.17, 15) is 14.7 Å². The molecular formula is C31H28ClN3O5. The number of carboxylic acid groups (broad SMARTS) is 1. The Labute approximate surface area is 237 Å². The number of nitrogens with zero attached hydrogens (tertiary/aromatic N) is 3. The largest absolute Gasteiger partial charge is 0.478 e. The molecule has 1 aliphatic heterocycles. The molecule has 0 spiro atoms. The standard InChI is InChI=1S/C31H28ClN3O5/c1-34(24-9-7-23(32)8-10-24)26-11-12-28(33-20-26)30(36)21-17-22(31(37)38)19-27(18-21)35(25-5-3-2-4-6-25)14-13-29-39-15-16-40-29/h2-12,17-20,29H,13-16H2,1H3,(H,37,38). The van der Waals surface area contributed by atoms with Gasteiger partial charge in [-0.1, -0.05) is 29.8 Å². The molecular weight excluding hydrogens is 530 g/mol. The molecule has 1 aliphatic rings. The summed E-state index contributed by atoms with van der Waals surface area (Å²) in [4.78, 5) is 33.9. The van der Waals surface area contributed by atoms with Crippen molar-refractivity contribution in [2.45, 2.75) is 12.7 Å². The molecule has 1 saturated heterocycles. The predicted molar refractivity (Wildman–Crippen MR) is 154 cm³/mol. The van der Waals surface area contributed by atoms with Crippen LogP contribution in [0.25, 0.3) is 0 Å². The normalized spacial score (nSPS) is 13.2. The molecule has 40 heavy (non-hydrogen) atoms. The Morgan fingerprint density at radius 2 is 1.55 bits per heavy atom. The number of pyridine rings is 1. The van der Waals surface area contributed by atoms with Gasteiger partial charge in [-0.3, -0.25) is 9.78 Å². The lowest BCUT2D eigenvalue weighted by Crippen LogP contribution is -2.24. The van der Waals surface area contributed by atoms with Crippen molar-refractivity contribution in [2.75, 3.05) is 36.6 Å². The van der Waals surface area contributed by atoms with Crippen molar-refractivity contribution in [3.63, 3.8) is 0 Å². The number of para-hydroxylation sites is 1. The fourth-order valence-corrected chi connectivity index (χ4v) is 4.65. The van der Waals surface area contributed by atoms with Gasteiger partial charge in [0.05, 0.1) is 30.7 Å². The first kappa shape index (κ1) is 27.3. The quantitative estimate of drug-likeness (QED) is 0.226. The van der Waals surface area contributed by atoms with E-state index >= 15 is 0 Å². The molecule has 0 atom stereocenters. The summed E-state index contributed by atoms with van der Waals surface area (Å²) in [5, 5.41) is 10.5. The van der Waals surface area contributed by atoms with Crippen LogP contribution in [0.15, 0.2) is 91.1 Å². The molecule has 2 heterocycles. The van der Waals surface area contributed by atoms with Crippen molar-refractivity contribution in [1.82, 2.24) is 4.98 Å². The number of carbonyl (C=O) groups is 2. The molecule has 204 valence electrons. The smallest absolute Gasteiger partial charge is 0.335 e. The monoisotopic (exact) mass is 557 g/mol. The number of anilines is 4. The van der Waals surface area contributed by atoms with Gasteiger partial charge < -0.3 is 24.4 Å². The summed E-state index contributed by atoms with van der Waals surface area (Å²) in [5.74, 6) is -1.50. The number of benzene rings is 3. The summed E-state index contributed by atoms with van der Waals surface area (Å²) in [6, 6.07) is 25.1. The highest BCUT2D eigenvalue weighted by atomic mass is 35.5. The van der Waals surface area contributed by atoms with Gasteiger partial charge in [0, 0.05) is 47.7 Å². The molecule has 0 unspecified atom stereocenters. The highest BCUT2D eigenvalue weighted by Gasteiger charge is 2.22. The number of ketones is 1. The predicted octanol–water partition coefficient (Wildman–Crippen LogP) is 6.33. The van der Waals surface area contributed by atoms with E-state index in [4.69, 9.17) is 21.1 Å². The van der Waals surface area contributed by atoms with Crippen molar-refractivity contribution in [2.24, 2.45) is 0 Å². The van der Waals surface area contributed by atoms with Gasteiger partial charge in [0.2, 0.25) is 5.78 Å². The zero-order valence-electron chi connectivity index (χ0n) is 21.9. The SMILES string of the molecule is CN(c1ccc(Cl)cc1)c1ccc(C(=O)c2cc(C(=O)O)cc(N(CCC3OCCO3)c3ccccc3)c2)nc1. The molecule has 3 aromatic carbocycles. The van der Waals surface area contributed by atoms with E-state index in [2.05, 4.69) is 4.98 Å². The second-order valence-corrected chi connectivity index (χ2v) is 9.72. The molecule has 4 aromatic rings. The van der Waals surface area contributed by atoms with Crippen molar-refractivity contribution < 1.29 is 24.2 Å². The Morgan fingerprint density at radius 1 is 0.875 bits per heavy atom. The summed E-state index contributed by atoms with van der Waals surface area (Å²) in [6.07, 6.45) is 1.85. The van der Waals surface area contributed by atoms with Gasteiger partial charge in [0.15, 0.2) is 6.29 Å². The number of halogens is 1. The molecule has 5 rings (SSSR count). The fourth-order valence-electron chi connectivity index (χ4n) is 4.53. The summed E-state index contributed by atoms with van der Waals surface area (Å²) >= 11 is 6.00. The van der Waals surface area contributed by atoms with Crippen LogP contribution < -0.4 is 9.80 Å². The molecule has 8 nitrogen and oxygen atoms in total.